The molecule has 0 spiro atoms. The van der Waals surface area contributed by atoms with Crippen LogP contribution in [0.25, 0.3) is 0 Å². The normalized spacial score (nSPS) is 20.4. The van der Waals surface area contributed by atoms with E-state index in [9.17, 15) is 9.59 Å². The summed E-state index contributed by atoms with van der Waals surface area (Å²) in [4.78, 5) is 24.7. The molecule has 3 atom stereocenters. The van der Waals surface area contributed by atoms with Gasteiger partial charge in [-0.3, -0.25) is 4.79 Å². The quantitative estimate of drug-likeness (QED) is 0.535. The van der Waals surface area contributed by atoms with E-state index in [2.05, 4.69) is 40.2 Å². The first kappa shape index (κ1) is 20.3. The van der Waals surface area contributed by atoms with Crippen molar-refractivity contribution < 1.29 is 9.59 Å². The Morgan fingerprint density at radius 2 is 1.69 bits per heavy atom. The van der Waals surface area contributed by atoms with Crippen LogP contribution < -0.4 is 16.0 Å². The number of fused-ring (bicyclic) bond motifs is 3. The molecule has 1 fully saturated rings. The second-order valence-corrected chi connectivity index (χ2v) is 8.68. The molecule has 3 aromatic carbocycles. The molecule has 2 aliphatic carbocycles. The van der Waals surface area contributed by atoms with Gasteiger partial charge in [-0.15, -0.1) is 0 Å². The molecular weight excluding hydrogens is 398 g/mol. The zero-order valence-corrected chi connectivity index (χ0v) is 17.9. The molecule has 0 heterocycles. The molecule has 0 bridgehead atoms. The van der Waals surface area contributed by atoms with Crippen molar-refractivity contribution in [1.29, 1.82) is 0 Å². The summed E-state index contributed by atoms with van der Waals surface area (Å²) in [6.45, 7) is 1.11. The summed E-state index contributed by atoms with van der Waals surface area (Å²) in [7, 11) is 0. The summed E-state index contributed by atoms with van der Waals surface area (Å²) in [5.41, 5.74) is 5.20. The smallest absolute Gasteiger partial charge is 0.315 e. The molecule has 32 heavy (non-hydrogen) atoms. The second-order valence-electron chi connectivity index (χ2n) is 8.68. The SMILES string of the molecule is O=C(NCc1cccc(NC(=O)c2ccccc2)c1)NCC1C2CCc3ccccc3C21. The summed E-state index contributed by atoms with van der Waals surface area (Å²) in [6, 6.07) is 25.2. The van der Waals surface area contributed by atoms with Crippen LogP contribution in [0.1, 0.15) is 39.4 Å². The molecule has 1 saturated carbocycles. The molecule has 5 heteroatoms. The molecule has 3 aromatic rings. The van der Waals surface area contributed by atoms with Gasteiger partial charge in [-0.2, -0.15) is 0 Å². The van der Waals surface area contributed by atoms with Crippen molar-refractivity contribution >= 4 is 17.6 Å². The molecule has 5 nitrogen and oxygen atoms in total. The number of benzene rings is 3. The first-order chi connectivity index (χ1) is 15.7. The maximum atomic E-state index is 12.4. The number of carbonyl (C=O) groups is 2. The van der Waals surface area contributed by atoms with Gasteiger partial charge in [0.25, 0.3) is 5.91 Å². The first-order valence-electron chi connectivity index (χ1n) is 11.2. The maximum Gasteiger partial charge on any atom is 0.315 e. The minimum atomic E-state index is -0.152. The van der Waals surface area contributed by atoms with Crippen molar-refractivity contribution in [3.8, 4) is 0 Å². The molecule has 0 aromatic heterocycles. The van der Waals surface area contributed by atoms with Crippen LogP contribution in [0.4, 0.5) is 10.5 Å². The summed E-state index contributed by atoms with van der Waals surface area (Å²) >= 11 is 0. The summed E-state index contributed by atoms with van der Waals surface area (Å²) in [5.74, 6) is 1.70. The van der Waals surface area contributed by atoms with Crippen molar-refractivity contribution in [1.82, 2.24) is 10.6 Å². The van der Waals surface area contributed by atoms with Crippen LogP contribution in [0.3, 0.4) is 0 Å². The number of rotatable bonds is 6. The highest BCUT2D eigenvalue weighted by Gasteiger charge is 2.52. The fourth-order valence-corrected chi connectivity index (χ4v) is 4.99. The Bertz CT molecular complexity index is 1130. The molecule has 0 aliphatic heterocycles. The highest BCUT2D eigenvalue weighted by atomic mass is 16.2. The number of hydrogen-bond acceptors (Lipinski definition) is 2. The number of nitrogens with one attached hydrogen (secondary N) is 3. The summed E-state index contributed by atoms with van der Waals surface area (Å²) in [6.07, 6.45) is 2.37. The molecule has 3 N–H and O–H groups in total. The minimum absolute atomic E-state index is 0.152. The number of urea groups is 1. The Morgan fingerprint density at radius 3 is 2.56 bits per heavy atom. The van der Waals surface area contributed by atoms with Crippen LogP contribution >= 0.6 is 0 Å². The molecule has 0 radical (unpaired) electrons. The number of carbonyl (C=O) groups excluding carboxylic acids is 2. The molecule has 2 aliphatic rings. The van der Waals surface area contributed by atoms with E-state index >= 15 is 0 Å². The molecule has 5 rings (SSSR count). The van der Waals surface area contributed by atoms with Crippen molar-refractivity contribution in [2.24, 2.45) is 11.8 Å². The molecule has 0 saturated heterocycles. The van der Waals surface area contributed by atoms with Gasteiger partial charge >= 0.3 is 6.03 Å². The Hall–Kier alpha value is -3.60. The lowest BCUT2D eigenvalue weighted by molar-refractivity contribution is 0.102. The standard InChI is InChI=1S/C27H27N3O2/c31-26(20-9-2-1-3-10-20)30-21-11-6-7-18(15-21)16-28-27(32)29-17-24-23-14-13-19-8-4-5-12-22(19)25(23)24/h1-12,15,23-25H,13-14,16-17H2,(H,30,31)(H2,28,29,32). The van der Waals surface area contributed by atoms with Crippen molar-refractivity contribution in [3.63, 3.8) is 0 Å². The fraction of sp³-hybridized carbons (Fsp3) is 0.259. The Kier molecular flexibility index (Phi) is 5.63. The molecule has 3 unspecified atom stereocenters. The van der Waals surface area contributed by atoms with E-state index in [1.165, 1.54) is 17.5 Å². The van der Waals surface area contributed by atoms with Gasteiger partial charge in [0.05, 0.1) is 0 Å². The fourth-order valence-electron chi connectivity index (χ4n) is 4.99. The zero-order chi connectivity index (χ0) is 21.9. The van der Waals surface area contributed by atoms with Gasteiger partial charge in [0, 0.05) is 24.3 Å². The highest BCUT2D eigenvalue weighted by Crippen LogP contribution is 2.59. The second kappa shape index (κ2) is 8.87. The average Bonchev–Trinajstić information content (AvgIpc) is 3.56. The van der Waals surface area contributed by atoms with Crippen molar-refractivity contribution in [2.45, 2.75) is 25.3 Å². The van der Waals surface area contributed by atoms with Crippen molar-refractivity contribution in [3.05, 3.63) is 101 Å². The Balaban J connectivity index is 1.10. The van der Waals surface area contributed by atoms with Gasteiger partial charge in [-0.1, -0.05) is 54.6 Å². The zero-order valence-electron chi connectivity index (χ0n) is 17.9. The van der Waals surface area contributed by atoms with Crippen LogP contribution in [0.5, 0.6) is 0 Å². The minimum Gasteiger partial charge on any atom is -0.338 e. The third kappa shape index (κ3) is 4.37. The van der Waals surface area contributed by atoms with Crippen LogP contribution in [-0.2, 0) is 13.0 Å². The van der Waals surface area contributed by atoms with E-state index in [0.717, 1.165) is 12.0 Å². The Labute approximate surface area is 188 Å². The molecular formula is C27H27N3O2. The lowest BCUT2D eigenvalue weighted by Gasteiger charge is -2.13. The first-order valence-corrected chi connectivity index (χ1v) is 11.2. The maximum absolute atomic E-state index is 12.4. The van der Waals surface area contributed by atoms with Gasteiger partial charge < -0.3 is 16.0 Å². The van der Waals surface area contributed by atoms with Crippen LogP contribution in [0.2, 0.25) is 0 Å². The van der Waals surface area contributed by atoms with Gasteiger partial charge in [-0.25, -0.2) is 4.79 Å². The predicted molar refractivity (Wildman–Crippen MR) is 126 cm³/mol. The number of amides is 3. The number of aryl methyl sites for hydroxylation is 1. The van der Waals surface area contributed by atoms with E-state index in [-0.39, 0.29) is 11.9 Å². The molecule has 162 valence electrons. The van der Waals surface area contributed by atoms with Crippen LogP contribution in [0, 0.1) is 11.8 Å². The van der Waals surface area contributed by atoms with Gasteiger partial charge in [0.15, 0.2) is 0 Å². The summed E-state index contributed by atoms with van der Waals surface area (Å²) in [5, 5.41) is 8.89. The third-order valence-electron chi connectivity index (χ3n) is 6.67. The van der Waals surface area contributed by atoms with Gasteiger partial charge in [0.2, 0.25) is 0 Å². The van der Waals surface area contributed by atoms with Crippen molar-refractivity contribution in [2.75, 3.05) is 11.9 Å². The predicted octanol–water partition coefficient (Wildman–Crippen LogP) is 4.71. The van der Waals surface area contributed by atoms with E-state index in [0.29, 0.717) is 42.1 Å². The lowest BCUT2D eigenvalue weighted by atomic mass is 9.92. The van der Waals surface area contributed by atoms with Crippen LogP contribution in [0.15, 0.2) is 78.9 Å². The average molecular weight is 426 g/mol. The lowest BCUT2D eigenvalue weighted by Crippen LogP contribution is -2.36. The highest BCUT2D eigenvalue weighted by molar-refractivity contribution is 6.04. The number of anilines is 1. The van der Waals surface area contributed by atoms with Crippen LogP contribution in [-0.4, -0.2) is 18.5 Å². The number of hydrogen-bond donors (Lipinski definition) is 3. The molecule has 3 amide bonds. The van der Waals surface area contributed by atoms with Gasteiger partial charge in [-0.05, 0) is 71.6 Å². The third-order valence-corrected chi connectivity index (χ3v) is 6.67. The summed E-state index contributed by atoms with van der Waals surface area (Å²) < 4.78 is 0. The van der Waals surface area contributed by atoms with E-state index in [1.54, 1.807) is 12.1 Å². The van der Waals surface area contributed by atoms with E-state index in [1.807, 2.05) is 42.5 Å². The van der Waals surface area contributed by atoms with E-state index in [4.69, 9.17) is 0 Å². The van der Waals surface area contributed by atoms with Gasteiger partial charge in [0.1, 0.15) is 0 Å². The van der Waals surface area contributed by atoms with E-state index < -0.39 is 0 Å². The monoisotopic (exact) mass is 425 g/mol. The topological polar surface area (TPSA) is 70.2 Å². The largest absolute Gasteiger partial charge is 0.338 e. The Morgan fingerprint density at radius 1 is 0.875 bits per heavy atom.